The van der Waals surface area contributed by atoms with Gasteiger partial charge < -0.3 is 9.84 Å². The van der Waals surface area contributed by atoms with Crippen molar-refractivity contribution in [1.29, 1.82) is 0 Å². The number of nitrogens with zero attached hydrogens (tertiary/aromatic N) is 3. The first-order chi connectivity index (χ1) is 7.61. The summed E-state index contributed by atoms with van der Waals surface area (Å²) >= 11 is 0. The predicted molar refractivity (Wildman–Crippen MR) is 62.2 cm³/mol. The SMILES string of the molecule is C=C1N=C(C)N=CN1[C@H]1CC(O)[C@@H](CC)O1. The standard InChI is InChI=1S/C11H17N3O2/c1-4-10-9(15)5-11(16-10)14-6-12-7(2)13-8(14)3/h6,9-11,15H,3-5H2,1-2H3/t9?,10-,11-/m1/s1. The second-order valence-electron chi connectivity index (χ2n) is 4.07. The Bertz CT molecular complexity index is 351. The summed E-state index contributed by atoms with van der Waals surface area (Å²) in [6, 6.07) is 0. The Morgan fingerprint density at radius 2 is 2.44 bits per heavy atom. The van der Waals surface area contributed by atoms with Gasteiger partial charge in [0, 0.05) is 6.42 Å². The summed E-state index contributed by atoms with van der Waals surface area (Å²) in [4.78, 5) is 10.1. The van der Waals surface area contributed by atoms with E-state index in [0.717, 1.165) is 6.42 Å². The normalized spacial score (nSPS) is 34.4. The van der Waals surface area contributed by atoms with Gasteiger partial charge in [-0.2, -0.15) is 0 Å². The molecular formula is C11H17N3O2. The first-order valence-electron chi connectivity index (χ1n) is 5.52. The summed E-state index contributed by atoms with van der Waals surface area (Å²) in [5, 5.41) is 9.77. The summed E-state index contributed by atoms with van der Waals surface area (Å²) in [7, 11) is 0. The Balaban J connectivity index is 2.06. The third kappa shape index (κ3) is 2.01. The molecule has 0 aromatic carbocycles. The van der Waals surface area contributed by atoms with E-state index in [1.54, 1.807) is 11.2 Å². The lowest BCUT2D eigenvalue weighted by Gasteiger charge is -2.27. The van der Waals surface area contributed by atoms with E-state index < -0.39 is 6.10 Å². The van der Waals surface area contributed by atoms with E-state index in [1.165, 1.54) is 0 Å². The van der Waals surface area contributed by atoms with E-state index in [1.807, 2.05) is 13.8 Å². The van der Waals surface area contributed by atoms with Crippen molar-refractivity contribution in [3.63, 3.8) is 0 Å². The Morgan fingerprint density at radius 3 is 3.00 bits per heavy atom. The van der Waals surface area contributed by atoms with E-state index >= 15 is 0 Å². The molecule has 0 amide bonds. The lowest BCUT2D eigenvalue weighted by Crippen LogP contribution is -2.34. The number of rotatable bonds is 2. The Labute approximate surface area is 95.1 Å². The van der Waals surface area contributed by atoms with Gasteiger partial charge in [0.1, 0.15) is 24.2 Å². The zero-order valence-corrected chi connectivity index (χ0v) is 9.63. The van der Waals surface area contributed by atoms with E-state index in [-0.39, 0.29) is 12.3 Å². The molecule has 16 heavy (non-hydrogen) atoms. The minimum absolute atomic E-state index is 0.0989. The van der Waals surface area contributed by atoms with Crippen LogP contribution < -0.4 is 0 Å². The summed E-state index contributed by atoms with van der Waals surface area (Å²) in [6.07, 6.45) is 2.32. The fourth-order valence-electron chi connectivity index (χ4n) is 1.98. The number of amidine groups is 1. The van der Waals surface area contributed by atoms with Crippen LogP contribution in [-0.4, -0.2) is 40.6 Å². The van der Waals surface area contributed by atoms with Crippen LogP contribution in [0, 0.1) is 0 Å². The molecule has 1 unspecified atom stereocenters. The largest absolute Gasteiger partial charge is 0.390 e. The van der Waals surface area contributed by atoms with Crippen molar-refractivity contribution < 1.29 is 9.84 Å². The molecule has 3 atom stereocenters. The Hall–Kier alpha value is -1.20. The molecule has 0 aromatic heterocycles. The fourth-order valence-corrected chi connectivity index (χ4v) is 1.98. The van der Waals surface area contributed by atoms with Crippen molar-refractivity contribution in [3.8, 4) is 0 Å². The molecule has 0 aliphatic carbocycles. The summed E-state index contributed by atoms with van der Waals surface area (Å²) < 4.78 is 5.72. The molecule has 1 saturated heterocycles. The molecule has 0 bridgehead atoms. The lowest BCUT2D eigenvalue weighted by atomic mass is 10.1. The van der Waals surface area contributed by atoms with Crippen molar-refractivity contribution in [1.82, 2.24) is 4.90 Å². The molecule has 88 valence electrons. The van der Waals surface area contributed by atoms with Crippen LogP contribution in [-0.2, 0) is 4.74 Å². The van der Waals surface area contributed by atoms with Gasteiger partial charge in [0.15, 0.2) is 0 Å². The highest BCUT2D eigenvalue weighted by molar-refractivity contribution is 5.90. The van der Waals surface area contributed by atoms with Crippen LogP contribution in [0.15, 0.2) is 22.4 Å². The van der Waals surface area contributed by atoms with E-state index in [2.05, 4.69) is 16.6 Å². The number of aliphatic hydroxyl groups excluding tert-OH is 1. The van der Waals surface area contributed by atoms with Gasteiger partial charge in [-0.25, -0.2) is 9.98 Å². The third-order valence-corrected chi connectivity index (χ3v) is 2.87. The van der Waals surface area contributed by atoms with Gasteiger partial charge in [-0.3, -0.25) is 4.90 Å². The van der Waals surface area contributed by atoms with E-state index in [4.69, 9.17) is 4.74 Å². The van der Waals surface area contributed by atoms with Gasteiger partial charge in [-0.05, 0) is 13.3 Å². The molecule has 5 heteroatoms. The Morgan fingerprint density at radius 1 is 1.69 bits per heavy atom. The Kier molecular flexibility index (Phi) is 3.07. The molecule has 1 N–H and O–H groups in total. The van der Waals surface area contributed by atoms with Gasteiger partial charge in [-0.15, -0.1) is 0 Å². The summed E-state index contributed by atoms with van der Waals surface area (Å²) in [5.74, 6) is 1.30. The first kappa shape index (κ1) is 11.3. The molecular weight excluding hydrogens is 206 g/mol. The van der Waals surface area contributed by atoms with Gasteiger partial charge in [-0.1, -0.05) is 13.5 Å². The smallest absolute Gasteiger partial charge is 0.139 e. The van der Waals surface area contributed by atoms with Crippen molar-refractivity contribution in [2.24, 2.45) is 9.98 Å². The van der Waals surface area contributed by atoms with Crippen molar-refractivity contribution in [3.05, 3.63) is 12.4 Å². The molecule has 5 nitrogen and oxygen atoms in total. The molecule has 2 aliphatic heterocycles. The maximum absolute atomic E-state index is 9.77. The summed E-state index contributed by atoms with van der Waals surface area (Å²) in [5.41, 5.74) is 0. The van der Waals surface area contributed by atoms with Crippen molar-refractivity contribution >= 4 is 12.2 Å². The van der Waals surface area contributed by atoms with E-state index in [0.29, 0.717) is 18.1 Å². The number of aliphatic imine (C=N–C) groups is 2. The van der Waals surface area contributed by atoms with Crippen LogP contribution in [0.5, 0.6) is 0 Å². The maximum Gasteiger partial charge on any atom is 0.139 e. The van der Waals surface area contributed by atoms with E-state index in [9.17, 15) is 5.11 Å². The molecule has 2 aliphatic rings. The van der Waals surface area contributed by atoms with Crippen LogP contribution in [0.3, 0.4) is 0 Å². The highest BCUT2D eigenvalue weighted by Crippen LogP contribution is 2.27. The van der Waals surface area contributed by atoms with Crippen LogP contribution in [0.2, 0.25) is 0 Å². The zero-order chi connectivity index (χ0) is 11.7. The molecule has 2 rings (SSSR count). The number of hydrogen-bond acceptors (Lipinski definition) is 5. The molecule has 1 fully saturated rings. The topological polar surface area (TPSA) is 57.4 Å². The van der Waals surface area contributed by atoms with Gasteiger partial charge in [0.2, 0.25) is 0 Å². The van der Waals surface area contributed by atoms with Crippen molar-refractivity contribution in [2.75, 3.05) is 0 Å². The molecule has 0 radical (unpaired) electrons. The summed E-state index contributed by atoms with van der Waals surface area (Å²) in [6.45, 7) is 7.67. The predicted octanol–water partition coefficient (Wildman–Crippen LogP) is 1.11. The molecule has 2 heterocycles. The third-order valence-electron chi connectivity index (χ3n) is 2.87. The van der Waals surface area contributed by atoms with Gasteiger partial charge in [0.05, 0.1) is 12.2 Å². The van der Waals surface area contributed by atoms with Crippen LogP contribution in [0.25, 0.3) is 0 Å². The highest BCUT2D eigenvalue weighted by Gasteiger charge is 2.36. The van der Waals surface area contributed by atoms with Crippen molar-refractivity contribution in [2.45, 2.75) is 45.1 Å². The number of aliphatic hydroxyl groups is 1. The zero-order valence-electron chi connectivity index (χ0n) is 9.63. The maximum atomic E-state index is 9.77. The number of ether oxygens (including phenoxy) is 1. The second kappa shape index (κ2) is 4.35. The van der Waals surface area contributed by atoms with Gasteiger partial charge in [0.25, 0.3) is 0 Å². The van der Waals surface area contributed by atoms with Crippen LogP contribution in [0.1, 0.15) is 26.7 Å². The lowest BCUT2D eigenvalue weighted by molar-refractivity contribution is -0.0278. The molecule has 0 aromatic rings. The van der Waals surface area contributed by atoms with Crippen LogP contribution >= 0.6 is 0 Å². The number of hydrogen-bond donors (Lipinski definition) is 1. The molecule has 0 spiro atoms. The monoisotopic (exact) mass is 223 g/mol. The van der Waals surface area contributed by atoms with Gasteiger partial charge >= 0.3 is 0 Å². The fraction of sp³-hybridized carbons (Fsp3) is 0.636. The van der Waals surface area contributed by atoms with Crippen LogP contribution in [0.4, 0.5) is 0 Å². The minimum atomic E-state index is -0.414. The minimum Gasteiger partial charge on any atom is -0.390 e. The highest BCUT2D eigenvalue weighted by atomic mass is 16.5. The first-order valence-corrected chi connectivity index (χ1v) is 5.52. The average Bonchev–Trinajstić information content (AvgIpc) is 2.59. The quantitative estimate of drug-likeness (QED) is 0.762. The average molecular weight is 223 g/mol. The molecule has 0 saturated carbocycles. The second-order valence-corrected chi connectivity index (χ2v) is 4.07.